The summed E-state index contributed by atoms with van der Waals surface area (Å²) in [6, 6.07) is 8.96. The minimum Gasteiger partial charge on any atom is -0.463 e. The van der Waals surface area contributed by atoms with Crippen molar-refractivity contribution >= 4 is 35.5 Å². The van der Waals surface area contributed by atoms with Gasteiger partial charge in [0.25, 0.3) is 0 Å². The molecule has 0 spiro atoms. The Labute approximate surface area is 268 Å². The van der Waals surface area contributed by atoms with Gasteiger partial charge in [0, 0.05) is 37.3 Å². The molecule has 0 radical (unpaired) electrons. The highest BCUT2D eigenvalue weighted by atomic mass is 32.2. The van der Waals surface area contributed by atoms with E-state index in [9.17, 15) is 19.2 Å². The summed E-state index contributed by atoms with van der Waals surface area (Å²) in [5.41, 5.74) is 0.969. The van der Waals surface area contributed by atoms with E-state index in [-0.39, 0.29) is 48.7 Å². The van der Waals surface area contributed by atoms with E-state index in [1.54, 1.807) is 0 Å². The smallest absolute Gasteiger partial charge is 0.308 e. The third-order valence-corrected chi connectivity index (χ3v) is 9.47. The van der Waals surface area contributed by atoms with Crippen molar-refractivity contribution in [3.8, 4) is 0 Å². The fraction of sp³-hybridized carbons (Fsp3) is 0.706. The molecule has 3 rings (SSSR count). The molecule has 246 valence electrons. The lowest BCUT2D eigenvalue weighted by Gasteiger charge is -2.33. The maximum Gasteiger partial charge on any atom is 0.308 e. The number of thioether (sulfide) groups is 1. The summed E-state index contributed by atoms with van der Waals surface area (Å²) in [6.07, 6.45) is 10.5. The standard InChI is InChI=1S/C34H54N4O5S/c1-24(2)43-32(40)22-29(20-26-13-9-6-10-14-26)36-34(42)30(23-44-4)37-33(41)27(19-25-11-7-5-8-12-25)21-31(39)38-17-15-28(35-3)16-18-38/h5,7-8,11-12,24,26-30,35H,6,9-10,13-23H2,1-4H3,(H,36,42)(H,37,41)/t27?,29?,30-/m0/s1. The number of carbonyl (C=O) groups is 4. The molecule has 0 aromatic heterocycles. The Kier molecular flexibility index (Phi) is 15.5. The Morgan fingerprint density at radius 1 is 0.932 bits per heavy atom. The molecule has 2 fully saturated rings. The molecular formula is C34H54N4O5S. The van der Waals surface area contributed by atoms with Gasteiger partial charge in [-0.15, -0.1) is 0 Å². The lowest BCUT2D eigenvalue weighted by Crippen LogP contribution is -2.53. The molecule has 1 aromatic carbocycles. The van der Waals surface area contributed by atoms with E-state index in [4.69, 9.17) is 4.74 Å². The van der Waals surface area contributed by atoms with Gasteiger partial charge >= 0.3 is 5.97 Å². The lowest BCUT2D eigenvalue weighted by molar-refractivity contribution is -0.148. The van der Waals surface area contributed by atoms with Gasteiger partial charge < -0.3 is 25.6 Å². The number of piperidine rings is 1. The molecule has 0 bridgehead atoms. The molecule has 10 heteroatoms. The quantitative estimate of drug-likeness (QED) is 0.236. The molecule has 9 nitrogen and oxygen atoms in total. The highest BCUT2D eigenvalue weighted by Crippen LogP contribution is 2.28. The number of ether oxygens (including phenoxy) is 1. The van der Waals surface area contributed by atoms with Gasteiger partial charge in [-0.2, -0.15) is 11.8 Å². The van der Waals surface area contributed by atoms with E-state index in [1.807, 2.05) is 62.4 Å². The van der Waals surface area contributed by atoms with Gasteiger partial charge in [0.2, 0.25) is 17.7 Å². The summed E-state index contributed by atoms with van der Waals surface area (Å²) in [5.74, 6) is -0.732. The lowest BCUT2D eigenvalue weighted by atomic mass is 9.84. The van der Waals surface area contributed by atoms with Gasteiger partial charge in [-0.05, 0) is 64.3 Å². The van der Waals surface area contributed by atoms with Crippen LogP contribution in [0.25, 0.3) is 0 Å². The van der Waals surface area contributed by atoms with Crippen LogP contribution in [-0.4, -0.2) is 85.0 Å². The van der Waals surface area contributed by atoms with E-state index in [1.165, 1.54) is 31.0 Å². The number of carbonyl (C=O) groups excluding carboxylic acids is 4. The second kappa shape index (κ2) is 19.0. The fourth-order valence-electron chi connectivity index (χ4n) is 6.39. The summed E-state index contributed by atoms with van der Waals surface area (Å²) in [6.45, 7) is 4.97. The Balaban J connectivity index is 1.70. The molecule has 3 N–H and O–H groups in total. The molecule has 3 amide bonds. The van der Waals surface area contributed by atoms with E-state index in [0.29, 0.717) is 43.6 Å². The van der Waals surface area contributed by atoms with Gasteiger partial charge in [0.05, 0.1) is 18.4 Å². The van der Waals surface area contributed by atoms with Gasteiger partial charge in [-0.25, -0.2) is 0 Å². The number of nitrogens with zero attached hydrogens (tertiary/aromatic N) is 1. The van der Waals surface area contributed by atoms with Gasteiger partial charge in [-0.3, -0.25) is 19.2 Å². The van der Waals surface area contributed by atoms with Crippen LogP contribution in [0.5, 0.6) is 0 Å². The highest BCUT2D eigenvalue weighted by molar-refractivity contribution is 7.98. The van der Waals surface area contributed by atoms with Crippen LogP contribution in [0.2, 0.25) is 0 Å². The van der Waals surface area contributed by atoms with Crippen molar-refractivity contribution in [2.24, 2.45) is 11.8 Å². The van der Waals surface area contributed by atoms with E-state index in [2.05, 4.69) is 16.0 Å². The van der Waals surface area contributed by atoms with Crippen molar-refractivity contribution < 1.29 is 23.9 Å². The first kappa shape index (κ1) is 35.9. The first-order valence-electron chi connectivity index (χ1n) is 16.5. The van der Waals surface area contributed by atoms with Crippen LogP contribution >= 0.6 is 11.8 Å². The van der Waals surface area contributed by atoms with Crippen molar-refractivity contribution in [2.75, 3.05) is 32.1 Å². The zero-order valence-corrected chi connectivity index (χ0v) is 28.0. The number of hydrogen-bond donors (Lipinski definition) is 3. The Morgan fingerprint density at radius 2 is 1.61 bits per heavy atom. The predicted octanol–water partition coefficient (Wildman–Crippen LogP) is 4.09. The van der Waals surface area contributed by atoms with E-state index in [0.717, 1.165) is 31.2 Å². The van der Waals surface area contributed by atoms with Crippen LogP contribution in [-0.2, 0) is 30.3 Å². The minimum atomic E-state index is -0.785. The molecule has 2 unspecified atom stereocenters. The molecule has 1 saturated carbocycles. The molecule has 1 heterocycles. The van der Waals surface area contributed by atoms with Crippen LogP contribution in [0.1, 0.15) is 83.6 Å². The number of rotatable bonds is 16. The van der Waals surface area contributed by atoms with Crippen LogP contribution in [0.3, 0.4) is 0 Å². The number of likely N-dealkylation sites (tertiary alicyclic amines) is 1. The molecule has 1 saturated heterocycles. The summed E-state index contributed by atoms with van der Waals surface area (Å²) in [4.78, 5) is 55.3. The Morgan fingerprint density at radius 3 is 2.23 bits per heavy atom. The second-order valence-electron chi connectivity index (χ2n) is 12.7. The number of amides is 3. The number of esters is 1. The summed E-state index contributed by atoms with van der Waals surface area (Å²) >= 11 is 1.47. The first-order valence-corrected chi connectivity index (χ1v) is 17.9. The van der Waals surface area contributed by atoms with E-state index >= 15 is 0 Å². The Bertz CT molecular complexity index is 1040. The summed E-state index contributed by atoms with van der Waals surface area (Å²) < 4.78 is 5.41. The number of hydrogen-bond acceptors (Lipinski definition) is 7. The molecule has 1 aliphatic carbocycles. The van der Waals surface area contributed by atoms with Crippen LogP contribution in [0.4, 0.5) is 0 Å². The summed E-state index contributed by atoms with van der Waals surface area (Å²) in [5, 5.41) is 9.37. The fourth-order valence-corrected chi connectivity index (χ4v) is 6.95. The van der Waals surface area contributed by atoms with Crippen molar-refractivity contribution in [1.82, 2.24) is 20.9 Å². The maximum atomic E-state index is 13.8. The zero-order valence-electron chi connectivity index (χ0n) is 27.1. The van der Waals surface area contributed by atoms with Gasteiger partial charge in [0.15, 0.2) is 0 Å². The highest BCUT2D eigenvalue weighted by Gasteiger charge is 2.32. The number of nitrogens with one attached hydrogen (secondary N) is 3. The van der Waals surface area contributed by atoms with Crippen molar-refractivity contribution in [1.29, 1.82) is 0 Å². The Hall–Kier alpha value is -2.59. The average Bonchev–Trinajstić information content (AvgIpc) is 3.01. The van der Waals surface area contributed by atoms with Crippen LogP contribution in [0, 0.1) is 11.8 Å². The van der Waals surface area contributed by atoms with Crippen LogP contribution < -0.4 is 16.0 Å². The van der Waals surface area contributed by atoms with E-state index < -0.39 is 12.0 Å². The largest absolute Gasteiger partial charge is 0.463 e. The number of benzene rings is 1. The molecule has 1 aliphatic heterocycles. The normalized spacial score (nSPS) is 18.3. The third-order valence-electron chi connectivity index (χ3n) is 8.81. The predicted molar refractivity (Wildman–Crippen MR) is 176 cm³/mol. The maximum absolute atomic E-state index is 13.8. The molecule has 1 aromatic rings. The monoisotopic (exact) mass is 630 g/mol. The van der Waals surface area contributed by atoms with Gasteiger partial charge in [0.1, 0.15) is 6.04 Å². The van der Waals surface area contributed by atoms with Crippen molar-refractivity contribution in [2.45, 2.75) is 109 Å². The topological polar surface area (TPSA) is 117 Å². The van der Waals surface area contributed by atoms with Crippen molar-refractivity contribution in [3.63, 3.8) is 0 Å². The average molecular weight is 631 g/mol. The molecule has 2 aliphatic rings. The van der Waals surface area contributed by atoms with Crippen molar-refractivity contribution in [3.05, 3.63) is 35.9 Å². The van der Waals surface area contributed by atoms with Gasteiger partial charge in [-0.1, -0.05) is 62.4 Å². The summed E-state index contributed by atoms with van der Waals surface area (Å²) in [7, 11) is 1.94. The second-order valence-corrected chi connectivity index (χ2v) is 13.6. The minimum absolute atomic E-state index is 0.0299. The molecule has 44 heavy (non-hydrogen) atoms. The van der Waals surface area contributed by atoms with Crippen LogP contribution in [0.15, 0.2) is 30.3 Å². The molecule has 3 atom stereocenters. The SMILES string of the molecule is CNC1CCN(C(=O)CC(Cc2ccccc2)C(=O)N[C@@H](CSC)C(=O)NC(CC(=O)OC(C)C)CC2CCCCC2)CC1. The third kappa shape index (κ3) is 12.4. The first-order chi connectivity index (χ1) is 21.2. The molecular weight excluding hydrogens is 576 g/mol. The zero-order chi connectivity index (χ0) is 31.9.